The van der Waals surface area contributed by atoms with Gasteiger partial charge in [-0.25, -0.2) is 0 Å². The number of aryl methyl sites for hydroxylation is 1. The zero-order chi connectivity index (χ0) is 16.3. The van der Waals surface area contributed by atoms with Crippen molar-refractivity contribution in [1.29, 1.82) is 0 Å². The van der Waals surface area contributed by atoms with Crippen LogP contribution in [-0.4, -0.2) is 60.8 Å². The van der Waals surface area contributed by atoms with Crippen molar-refractivity contribution in [3.05, 3.63) is 17.5 Å². The first-order chi connectivity index (χ1) is 11.1. The predicted molar refractivity (Wildman–Crippen MR) is 85.9 cm³/mol. The van der Waals surface area contributed by atoms with Crippen LogP contribution in [0.2, 0.25) is 0 Å². The quantitative estimate of drug-likeness (QED) is 0.828. The van der Waals surface area contributed by atoms with Crippen LogP contribution in [0.1, 0.15) is 37.1 Å². The van der Waals surface area contributed by atoms with Gasteiger partial charge in [-0.15, -0.1) is 0 Å². The molecule has 0 N–H and O–H groups in total. The fourth-order valence-electron chi connectivity index (χ4n) is 3.81. The second-order valence-corrected chi connectivity index (χ2v) is 7.02. The van der Waals surface area contributed by atoms with Crippen LogP contribution in [0.25, 0.3) is 0 Å². The lowest BCUT2D eigenvalue weighted by Gasteiger charge is -2.47. The van der Waals surface area contributed by atoms with Crippen LogP contribution in [-0.2, 0) is 16.1 Å². The topological polar surface area (TPSA) is 58.8 Å². The third-order valence-electron chi connectivity index (χ3n) is 5.29. The maximum Gasteiger partial charge on any atom is 0.222 e. The molecule has 3 rings (SSSR count). The van der Waals surface area contributed by atoms with Crippen LogP contribution in [0.15, 0.2) is 10.6 Å². The van der Waals surface area contributed by atoms with Gasteiger partial charge in [0, 0.05) is 32.7 Å². The highest BCUT2D eigenvalue weighted by Gasteiger charge is 2.40. The molecular formula is C17H27N3O3. The lowest BCUT2D eigenvalue weighted by atomic mass is 9.72. The van der Waals surface area contributed by atoms with Crippen molar-refractivity contribution in [2.75, 3.05) is 39.9 Å². The summed E-state index contributed by atoms with van der Waals surface area (Å²) in [5, 5.41) is 3.95. The summed E-state index contributed by atoms with van der Waals surface area (Å²) in [4.78, 5) is 16.5. The van der Waals surface area contributed by atoms with Crippen molar-refractivity contribution < 1.29 is 14.1 Å². The fourth-order valence-corrected chi connectivity index (χ4v) is 3.81. The molecule has 128 valence electrons. The summed E-state index contributed by atoms with van der Waals surface area (Å²) in [5.74, 6) is 1.23. The maximum atomic E-state index is 12.1. The number of methoxy groups -OCH3 is 1. The van der Waals surface area contributed by atoms with E-state index in [0.717, 1.165) is 63.4 Å². The zero-order valence-corrected chi connectivity index (χ0v) is 14.2. The molecule has 2 fully saturated rings. The summed E-state index contributed by atoms with van der Waals surface area (Å²) < 4.78 is 10.5. The lowest BCUT2D eigenvalue weighted by molar-refractivity contribution is -0.140. The third kappa shape index (κ3) is 3.93. The van der Waals surface area contributed by atoms with E-state index in [9.17, 15) is 4.79 Å². The molecule has 3 heterocycles. The first-order valence-electron chi connectivity index (χ1n) is 8.51. The van der Waals surface area contributed by atoms with Gasteiger partial charge in [-0.2, -0.15) is 0 Å². The SMILES string of the molecule is COCCN1CC2(CCC1=O)CCN(Cc1cc(C)no1)CC2. The van der Waals surface area contributed by atoms with Crippen molar-refractivity contribution in [1.82, 2.24) is 15.0 Å². The van der Waals surface area contributed by atoms with Crippen LogP contribution < -0.4 is 0 Å². The van der Waals surface area contributed by atoms with Crippen LogP contribution in [0.4, 0.5) is 0 Å². The van der Waals surface area contributed by atoms with Gasteiger partial charge in [0.1, 0.15) is 0 Å². The molecular weight excluding hydrogens is 294 g/mol. The molecule has 1 aromatic rings. The summed E-state index contributed by atoms with van der Waals surface area (Å²) >= 11 is 0. The van der Waals surface area contributed by atoms with Gasteiger partial charge in [-0.05, 0) is 44.7 Å². The maximum absolute atomic E-state index is 12.1. The zero-order valence-electron chi connectivity index (χ0n) is 14.2. The molecule has 0 saturated carbocycles. The number of ether oxygens (including phenoxy) is 1. The second kappa shape index (κ2) is 7.01. The Kier molecular flexibility index (Phi) is 5.02. The number of piperidine rings is 2. The molecule has 23 heavy (non-hydrogen) atoms. The van der Waals surface area contributed by atoms with E-state index in [0.29, 0.717) is 18.4 Å². The molecule has 1 aromatic heterocycles. The Hall–Kier alpha value is -1.40. The lowest BCUT2D eigenvalue weighted by Crippen LogP contribution is -2.52. The number of carbonyl (C=O) groups excluding carboxylic acids is 1. The number of nitrogens with zero attached hydrogens (tertiary/aromatic N) is 3. The minimum atomic E-state index is 0.284. The standard InChI is InChI=1S/C17H27N3O3/c1-14-11-15(23-18-14)12-19-7-5-17(6-8-19)4-3-16(21)20(13-17)9-10-22-2/h11H,3-10,12-13H2,1-2H3. The van der Waals surface area contributed by atoms with Crippen molar-refractivity contribution in [2.24, 2.45) is 5.41 Å². The number of amides is 1. The van der Waals surface area contributed by atoms with Gasteiger partial charge in [0.15, 0.2) is 5.76 Å². The number of aromatic nitrogens is 1. The van der Waals surface area contributed by atoms with E-state index < -0.39 is 0 Å². The summed E-state index contributed by atoms with van der Waals surface area (Å²) in [7, 11) is 1.69. The van der Waals surface area contributed by atoms with E-state index in [4.69, 9.17) is 9.26 Å². The van der Waals surface area contributed by atoms with Gasteiger partial charge < -0.3 is 14.2 Å². The van der Waals surface area contributed by atoms with Gasteiger partial charge in [-0.3, -0.25) is 9.69 Å². The van der Waals surface area contributed by atoms with Crippen LogP contribution in [0, 0.1) is 12.3 Å². The van der Waals surface area contributed by atoms with Crippen molar-refractivity contribution in [2.45, 2.75) is 39.2 Å². The van der Waals surface area contributed by atoms with Gasteiger partial charge in [0.05, 0.1) is 18.8 Å². The first-order valence-corrected chi connectivity index (χ1v) is 8.51. The normalized spacial score (nSPS) is 22.0. The molecule has 1 amide bonds. The molecule has 0 bridgehead atoms. The van der Waals surface area contributed by atoms with Crippen LogP contribution in [0.5, 0.6) is 0 Å². The smallest absolute Gasteiger partial charge is 0.222 e. The molecule has 2 aliphatic rings. The molecule has 6 nitrogen and oxygen atoms in total. The summed E-state index contributed by atoms with van der Waals surface area (Å²) in [6.07, 6.45) is 4.02. The minimum Gasteiger partial charge on any atom is -0.383 e. The molecule has 0 atom stereocenters. The Balaban J connectivity index is 1.53. The van der Waals surface area contributed by atoms with E-state index >= 15 is 0 Å². The van der Waals surface area contributed by atoms with Crippen molar-refractivity contribution >= 4 is 5.91 Å². The Labute approximate surface area is 137 Å². The van der Waals surface area contributed by atoms with Crippen molar-refractivity contribution in [3.63, 3.8) is 0 Å². The predicted octanol–water partition coefficient (Wildman–Crippen LogP) is 1.83. The molecule has 2 saturated heterocycles. The molecule has 2 aliphatic heterocycles. The van der Waals surface area contributed by atoms with E-state index in [1.165, 1.54) is 0 Å². The average Bonchev–Trinajstić information content (AvgIpc) is 2.96. The second-order valence-electron chi connectivity index (χ2n) is 7.02. The number of hydrogen-bond donors (Lipinski definition) is 0. The fraction of sp³-hybridized carbons (Fsp3) is 0.765. The highest BCUT2D eigenvalue weighted by molar-refractivity contribution is 5.77. The third-order valence-corrected chi connectivity index (χ3v) is 5.29. The molecule has 0 aromatic carbocycles. The molecule has 0 radical (unpaired) electrons. The largest absolute Gasteiger partial charge is 0.383 e. The number of rotatable bonds is 5. The highest BCUT2D eigenvalue weighted by Crippen LogP contribution is 2.40. The Morgan fingerprint density at radius 1 is 1.35 bits per heavy atom. The van der Waals surface area contributed by atoms with Gasteiger partial charge in [-0.1, -0.05) is 5.16 Å². The van der Waals surface area contributed by atoms with E-state index in [1.54, 1.807) is 7.11 Å². The Bertz CT molecular complexity index is 535. The summed E-state index contributed by atoms with van der Waals surface area (Å²) in [6.45, 7) is 7.15. The number of carbonyl (C=O) groups is 1. The summed E-state index contributed by atoms with van der Waals surface area (Å²) in [5.41, 5.74) is 1.24. The monoisotopic (exact) mass is 321 g/mol. The van der Waals surface area contributed by atoms with Gasteiger partial charge >= 0.3 is 0 Å². The molecule has 0 unspecified atom stereocenters. The number of likely N-dealkylation sites (tertiary alicyclic amines) is 2. The highest BCUT2D eigenvalue weighted by atomic mass is 16.5. The van der Waals surface area contributed by atoms with Crippen molar-refractivity contribution in [3.8, 4) is 0 Å². The van der Waals surface area contributed by atoms with E-state index in [2.05, 4.69) is 10.1 Å². The van der Waals surface area contributed by atoms with Gasteiger partial charge in [0.25, 0.3) is 0 Å². The minimum absolute atomic E-state index is 0.284. The van der Waals surface area contributed by atoms with Crippen LogP contribution in [0.3, 0.4) is 0 Å². The summed E-state index contributed by atoms with van der Waals surface area (Å²) in [6, 6.07) is 2.01. The van der Waals surface area contributed by atoms with Crippen LogP contribution >= 0.6 is 0 Å². The molecule has 1 spiro atoms. The Morgan fingerprint density at radius 3 is 2.78 bits per heavy atom. The molecule has 0 aliphatic carbocycles. The van der Waals surface area contributed by atoms with Gasteiger partial charge in [0.2, 0.25) is 5.91 Å². The molecule has 6 heteroatoms. The average molecular weight is 321 g/mol. The van der Waals surface area contributed by atoms with E-state index in [1.807, 2.05) is 17.9 Å². The number of hydrogen-bond acceptors (Lipinski definition) is 5. The van der Waals surface area contributed by atoms with E-state index in [-0.39, 0.29) is 5.91 Å². The Morgan fingerprint density at radius 2 is 2.13 bits per heavy atom. The first kappa shape index (κ1) is 16.5.